The Balaban J connectivity index is 2.14. The summed E-state index contributed by atoms with van der Waals surface area (Å²) in [6.07, 6.45) is 9.97. The maximum Gasteiger partial charge on any atom is 0.166 e. The van der Waals surface area contributed by atoms with Crippen molar-refractivity contribution in [2.45, 2.75) is 50.2 Å². The van der Waals surface area contributed by atoms with Crippen molar-refractivity contribution in [1.82, 2.24) is 10.6 Å². The molecular weight excluding hydrogens is 276 g/mol. The van der Waals surface area contributed by atoms with Gasteiger partial charge in [-0.15, -0.1) is 0 Å². The molecule has 0 aliphatic heterocycles. The van der Waals surface area contributed by atoms with Crippen LogP contribution in [0, 0.1) is 0 Å². The first-order valence-corrected chi connectivity index (χ1v) is 9.00. The van der Waals surface area contributed by atoms with E-state index in [1.165, 1.54) is 32.1 Å². The minimum Gasteiger partial charge on any atom is -0.382 e. The van der Waals surface area contributed by atoms with Gasteiger partial charge in [0.25, 0.3) is 0 Å². The van der Waals surface area contributed by atoms with Crippen LogP contribution in [0.25, 0.3) is 0 Å². The summed E-state index contributed by atoms with van der Waals surface area (Å²) in [5, 5.41) is 7.43. The van der Waals surface area contributed by atoms with E-state index in [0.29, 0.717) is 4.75 Å². The topological polar surface area (TPSA) is 33.3 Å². The molecule has 0 atom stereocenters. The molecule has 0 aromatic heterocycles. The summed E-state index contributed by atoms with van der Waals surface area (Å²) in [6, 6.07) is 0. The lowest BCUT2D eigenvalue weighted by atomic mass is 9.88. The first-order valence-electron chi connectivity index (χ1n) is 7.37. The molecule has 1 saturated carbocycles. The SMILES string of the molecule is CCOCCCNC(=S)NCC1(SC)CCCCC1. The van der Waals surface area contributed by atoms with E-state index in [1.54, 1.807) is 0 Å². The molecule has 0 spiro atoms. The minimum atomic E-state index is 0.398. The van der Waals surface area contributed by atoms with Crippen molar-refractivity contribution in [1.29, 1.82) is 0 Å². The van der Waals surface area contributed by atoms with E-state index >= 15 is 0 Å². The van der Waals surface area contributed by atoms with Gasteiger partial charge in [-0.25, -0.2) is 0 Å². The van der Waals surface area contributed by atoms with Crippen LogP contribution in [0.1, 0.15) is 45.4 Å². The maximum absolute atomic E-state index is 5.33. The molecule has 0 aromatic rings. The van der Waals surface area contributed by atoms with Gasteiger partial charge in [0, 0.05) is 31.1 Å². The number of thioether (sulfide) groups is 1. The van der Waals surface area contributed by atoms with Crippen molar-refractivity contribution in [3.05, 3.63) is 0 Å². The molecule has 0 heterocycles. The number of hydrogen-bond acceptors (Lipinski definition) is 3. The fourth-order valence-electron chi connectivity index (χ4n) is 2.47. The molecule has 5 heteroatoms. The molecule has 112 valence electrons. The largest absolute Gasteiger partial charge is 0.382 e. The van der Waals surface area contributed by atoms with E-state index in [0.717, 1.165) is 37.8 Å². The number of nitrogens with one attached hydrogen (secondary N) is 2. The standard InChI is InChI=1S/C14H28N2OS2/c1-3-17-11-7-10-15-13(18)16-12-14(19-2)8-5-4-6-9-14/h3-12H2,1-2H3,(H2,15,16,18). The highest BCUT2D eigenvalue weighted by Gasteiger charge is 2.30. The van der Waals surface area contributed by atoms with Crippen molar-refractivity contribution in [3.63, 3.8) is 0 Å². The fourth-order valence-corrected chi connectivity index (χ4v) is 3.56. The summed E-state index contributed by atoms with van der Waals surface area (Å²) < 4.78 is 5.69. The van der Waals surface area contributed by atoms with E-state index in [4.69, 9.17) is 17.0 Å². The zero-order valence-electron chi connectivity index (χ0n) is 12.3. The fraction of sp³-hybridized carbons (Fsp3) is 0.929. The van der Waals surface area contributed by atoms with E-state index < -0.39 is 0 Å². The summed E-state index contributed by atoms with van der Waals surface area (Å²) in [5.41, 5.74) is 0. The quantitative estimate of drug-likeness (QED) is 0.532. The van der Waals surface area contributed by atoms with Crippen molar-refractivity contribution in [2.75, 3.05) is 32.6 Å². The van der Waals surface area contributed by atoms with Gasteiger partial charge in [0.15, 0.2) is 5.11 Å². The number of hydrogen-bond donors (Lipinski definition) is 2. The van der Waals surface area contributed by atoms with Crippen LogP contribution in [0.2, 0.25) is 0 Å². The van der Waals surface area contributed by atoms with Gasteiger partial charge in [-0.1, -0.05) is 19.3 Å². The molecular formula is C14H28N2OS2. The molecule has 0 saturated heterocycles. The zero-order chi connectivity index (χ0) is 14.0. The monoisotopic (exact) mass is 304 g/mol. The van der Waals surface area contributed by atoms with Crippen molar-refractivity contribution >= 4 is 29.1 Å². The smallest absolute Gasteiger partial charge is 0.166 e. The van der Waals surface area contributed by atoms with E-state index in [2.05, 4.69) is 16.9 Å². The van der Waals surface area contributed by atoms with Gasteiger partial charge < -0.3 is 15.4 Å². The Bertz CT molecular complexity index is 256. The lowest BCUT2D eigenvalue weighted by Crippen LogP contribution is -2.45. The second-order valence-corrected chi connectivity index (χ2v) is 6.79. The second-order valence-electron chi connectivity index (χ2n) is 5.11. The van der Waals surface area contributed by atoms with Crippen LogP contribution in [0.4, 0.5) is 0 Å². The van der Waals surface area contributed by atoms with Gasteiger partial charge in [-0.05, 0) is 44.7 Å². The molecule has 0 unspecified atom stereocenters. The average Bonchev–Trinajstić information content (AvgIpc) is 2.46. The van der Waals surface area contributed by atoms with Crippen LogP contribution in [-0.2, 0) is 4.74 Å². The number of rotatable bonds is 8. The van der Waals surface area contributed by atoms with Crippen LogP contribution in [0.5, 0.6) is 0 Å². The molecule has 1 aliphatic carbocycles. The molecule has 3 nitrogen and oxygen atoms in total. The Morgan fingerprint density at radius 1 is 1.26 bits per heavy atom. The van der Waals surface area contributed by atoms with E-state index in [1.807, 2.05) is 18.7 Å². The van der Waals surface area contributed by atoms with E-state index in [-0.39, 0.29) is 0 Å². The molecule has 19 heavy (non-hydrogen) atoms. The Labute approximate surface area is 127 Å². The molecule has 0 amide bonds. The normalized spacial score (nSPS) is 18.0. The van der Waals surface area contributed by atoms with Gasteiger partial charge in [0.2, 0.25) is 0 Å². The Morgan fingerprint density at radius 2 is 2.00 bits per heavy atom. The van der Waals surface area contributed by atoms with Gasteiger partial charge in [-0.2, -0.15) is 11.8 Å². The predicted molar refractivity (Wildman–Crippen MR) is 89.0 cm³/mol. The Kier molecular flexibility index (Phi) is 8.83. The Morgan fingerprint density at radius 3 is 2.63 bits per heavy atom. The Hall–Kier alpha value is 0. The third-order valence-corrected chi connectivity index (χ3v) is 5.43. The van der Waals surface area contributed by atoms with Gasteiger partial charge in [-0.3, -0.25) is 0 Å². The third-order valence-electron chi connectivity index (χ3n) is 3.72. The predicted octanol–water partition coefficient (Wildman–Crippen LogP) is 2.94. The summed E-state index contributed by atoms with van der Waals surface area (Å²) in [5.74, 6) is 0. The van der Waals surface area contributed by atoms with Crippen LogP contribution < -0.4 is 10.6 Å². The average molecular weight is 305 g/mol. The van der Waals surface area contributed by atoms with Crippen LogP contribution in [0.3, 0.4) is 0 Å². The highest BCUT2D eigenvalue weighted by Crippen LogP contribution is 2.37. The molecule has 1 rings (SSSR count). The lowest BCUT2D eigenvalue weighted by molar-refractivity contribution is 0.145. The molecule has 0 aromatic carbocycles. The van der Waals surface area contributed by atoms with Crippen LogP contribution in [-0.4, -0.2) is 42.4 Å². The molecule has 1 fully saturated rings. The minimum absolute atomic E-state index is 0.398. The van der Waals surface area contributed by atoms with Gasteiger partial charge >= 0.3 is 0 Å². The number of thiocarbonyl (C=S) groups is 1. The molecule has 1 aliphatic rings. The molecule has 2 N–H and O–H groups in total. The van der Waals surface area contributed by atoms with Crippen LogP contribution in [0.15, 0.2) is 0 Å². The first kappa shape index (κ1) is 17.1. The maximum atomic E-state index is 5.33. The van der Waals surface area contributed by atoms with Crippen molar-refractivity contribution in [3.8, 4) is 0 Å². The van der Waals surface area contributed by atoms with Gasteiger partial charge in [0.05, 0.1) is 0 Å². The summed E-state index contributed by atoms with van der Waals surface area (Å²) in [4.78, 5) is 0. The summed E-state index contributed by atoms with van der Waals surface area (Å²) in [7, 11) is 0. The highest BCUT2D eigenvalue weighted by molar-refractivity contribution is 8.00. The third kappa shape index (κ3) is 6.82. The summed E-state index contributed by atoms with van der Waals surface area (Å²) in [6.45, 7) is 5.50. The van der Waals surface area contributed by atoms with Crippen LogP contribution >= 0.6 is 24.0 Å². The van der Waals surface area contributed by atoms with E-state index in [9.17, 15) is 0 Å². The highest BCUT2D eigenvalue weighted by atomic mass is 32.2. The molecule has 0 radical (unpaired) electrons. The summed E-state index contributed by atoms with van der Waals surface area (Å²) >= 11 is 7.33. The lowest BCUT2D eigenvalue weighted by Gasteiger charge is -2.36. The first-order chi connectivity index (χ1) is 9.22. The van der Waals surface area contributed by atoms with Crippen molar-refractivity contribution < 1.29 is 4.74 Å². The van der Waals surface area contributed by atoms with Gasteiger partial charge in [0.1, 0.15) is 0 Å². The second kappa shape index (κ2) is 9.83. The zero-order valence-corrected chi connectivity index (χ0v) is 13.9. The molecule has 0 bridgehead atoms. The number of ether oxygens (including phenoxy) is 1. The van der Waals surface area contributed by atoms with Crippen molar-refractivity contribution in [2.24, 2.45) is 0 Å².